The molecule has 98 heavy (non-hydrogen) atoms. The van der Waals surface area contributed by atoms with E-state index < -0.39 is 85.8 Å². The van der Waals surface area contributed by atoms with Crippen molar-refractivity contribution in [1.29, 1.82) is 0 Å². The van der Waals surface area contributed by atoms with Gasteiger partial charge in [-0.25, -0.2) is 14.4 Å². The Balaban J connectivity index is 0.000000201. The van der Waals surface area contributed by atoms with Crippen molar-refractivity contribution in [3.63, 3.8) is 0 Å². The molecule has 5 aliphatic carbocycles. The lowest BCUT2D eigenvalue weighted by atomic mass is 9.93. The second-order valence-electron chi connectivity index (χ2n) is 31.3. The maximum Gasteiger partial charge on any atom is 0.408 e. The van der Waals surface area contributed by atoms with Gasteiger partial charge >= 0.3 is 48.0 Å². The first kappa shape index (κ1) is 79.9. The van der Waals surface area contributed by atoms with E-state index >= 15 is 0 Å². The number of halogens is 2. The van der Waals surface area contributed by atoms with Gasteiger partial charge in [-0.2, -0.15) is 0 Å². The van der Waals surface area contributed by atoms with Gasteiger partial charge in [0.15, 0.2) is 0 Å². The first-order valence-electron chi connectivity index (χ1n) is 33.4. The summed E-state index contributed by atoms with van der Waals surface area (Å²) in [7, 11) is 0. The van der Waals surface area contributed by atoms with Gasteiger partial charge in [0.1, 0.15) is 34.0 Å². The highest BCUT2D eigenvalue weighted by Gasteiger charge is 2.56. The van der Waals surface area contributed by atoms with Gasteiger partial charge in [-0.15, -0.1) is 0 Å². The third kappa shape index (κ3) is 23.5. The highest BCUT2D eigenvalue weighted by molar-refractivity contribution is 14.1. The van der Waals surface area contributed by atoms with E-state index in [1.54, 1.807) is 32.9 Å². The number of hydrogen-bond donors (Lipinski definition) is 5. The van der Waals surface area contributed by atoms with E-state index in [9.17, 15) is 43.5 Å². The number of esters is 3. The highest BCUT2D eigenvalue weighted by atomic mass is 127. The fourth-order valence-electron chi connectivity index (χ4n) is 10.9. The zero-order valence-corrected chi connectivity index (χ0v) is 64.0. The molecule has 5 N–H and O–H groups in total. The predicted octanol–water partition coefficient (Wildman–Crippen LogP) is 16.0. The smallest absolute Gasteiger partial charge is 0.408 e. The van der Waals surface area contributed by atoms with Gasteiger partial charge in [-0.1, -0.05) is 103 Å². The minimum atomic E-state index is -1.15. The largest absolute Gasteiger partial charge is 0.481 e. The van der Waals surface area contributed by atoms with Crippen molar-refractivity contribution >= 4 is 93.2 Å². The van der Waals surface area contributed by atoms with E-state index in [1.165, 1.54) is 3.57 Å². The first-order valence-corrected chi connectivity index (χ1v) is 35.6. The Morgan fingerprint density at radius 2 is 0.622 bits per heavy atom. The van der Waals surface area contributed by atoms with Crippen LogP contribution >= 0.6 is 45.2 Å². The molecule has 0 heterocycles. The molecule has 0 aliphatic heterocycles. The number of ether oxygens (including phenoxy) is 5. The number of nitrogens with one attached hydrogen (secondary N) is 2. The van der Waals surface area contributed by atoms with E-state index in [-0.39, 0.29) is 35.8 Å². The summed E-state index contributed by atoms with van der Waals surface area (Å²) >= 11 is 4.48. The molecule has 0 saturated heterocycles. The van der Waals surface area contributed by atoms with Crippen molar-refractivity contribution in [3.8, 4) is 0 Å². The van der Waals surface area contributed by atoms with Crippen LogP contribution in [0.3, 0.4) is 0 Å². The van der Waals surface area contributed by atoms with Crippen LogP contribution in [-0.4, -0.2) is 103 Å². The summed E-state index contributed by atoms with van der Waals surface area (Å²) in [6.07, 6.45) is 7.69. The molecule has 0 spiro atoms. The van der Waals surface area contributed by atoms with Crippen LogP contribution < -0.4 is 10.6 Å². The zero-order chi connectivity index (χ0) is 73.3. The molecule has 5 aromatic rings. The summed E-state index contributed by atoms with van der Waals surface area (Å²) in [6, 6.07) is 39.5. The van der Waals surface area contributed by atoms with Crippen molar-refractivity contribution in [3.05, 3.63) is 173 Å². The van der Waals surface area contributed by atoms with Crippen molar-refractivity contribution in [2.45, 2.75) is 255 Å². The third-order valence-corrected chi connectivity index (χ3v) is 18.2. The van der Waals surface area contributed by atoms with Gasteiger partial charge in [-0.05, 0) is 290 Å². The molecule has 532 valence electrons. The monoisotopic (exact) mass is 1570 g/mol. The number of aliphatic carboxylic acids is 3. The Morgan fingerprint density at radius 1 is 0.367 bits per heavy atom. The lowest BCUT2D eigenvalue weighted by Gasteiger charge is -2.24. The Labute approximate surface area is 605 Å². The fraction of sp³-hybridized carbons (Fsp3) is 0.513. The zero-order valence-electron chi connectivity index (χ0n) is 59.7. The van der Waals surface area contributed by atoms with Gasteiger partial charge in [0, 0.05) is 19.6 Å². The molecule has 0 aromatic heterocycles. The van der Waals surface area contributed by atoms with Gasteiger partial charge in [0.25, 0.3) is 0 Å². The van der Waals surface area contributed by atoms with E-state index in [0.29, 0.717) is 6.42 Å². The summed E-state index contributed by atoms with van der Waals surface area (Å²) in [4.78, 5) is 94.5. The molecule has 5 aliphatic rings. The van der Waals surface area contributed by atoms with Crippen LogP contribution in [0.1, 0.15) is 214 Å². The molecule has 5 saturated carbocycles. The van der Waals surface area contributed by atoms with E-state index in [0.717, 1.165) is 107 Å². The Hall–Kier alpha value is -7.08. The second-order valence-corrected chi connectivity index (χ2v) is 33.8. The third-order valence-electron chi connectivity index (χ3n) is 16.8. The Kier molecular flexibility index (Phi) is 25.8. The minimum Gasteiger partial charge on any atom is -0.481 e. The molecule has 2 amide bonds. The van der Waals surface area contributed by atoms with Crippen LogP contribution in [0.25, 0.3) is 0 Å². The molecule has 0 bridgehead atoms. The van der Waals surface area contributed by atoms with Crippen molar-refractivity contribution in [1.82, 2.24) is 10.6 Å². The van der Waals surface area contributed by atoms with Crippen molar-refractivity contribution in [2.24, 2.45) is 0 Å². The van der Waals surface area contributed by atoms with Crippen LogP contribution in [0, 0.1) is 7.14 Å². The van der Waals surface area contributed by atoms with E-state index in [4.69, 9.17) is 33.9 Å². The van der Waals surface area contributed by atoms with Gasteiger partial charge in [0.05, 0.1) is 27.1 Å². The molecule has 0 radical (unpaired) electrons. The lowest BCUT2D eigenvalue weighted by molar-refractivity contribution is -0.159. The molecule has 10 rings (SSSR count). The second kappa shape index (κ2) is 31.6. The summed E-state index contributed by atoms with van der Waals surface area (Å²) in [5.41, 5.74) is 1.49. The first-order chi connectivity index (χ1) is 45.3. The summed E-state index contributed by atoms with van der Waals surface area (Å²) in [5, 5.41) is 32.6. The van der Waals surface area contributed by atoms with Crippen molar-refractivity contribution < 1.29 is 77.4 Å². The van der Waals surface area contributed by atoms with Crippen molar-refractivity contribution in [2.75, 3.05) is 0 Å². The standard InChI is InChI=1S/C22H31NO6.C22H33NO4.C14H17IO2.C10H9IO2.C10H10O2/c1-20(2,3)28-18(26)22(11-12-22)15-9-7-14(8-10-15)13-16(17(24)25)23-19(27)29-21(4,5)6;1-15(23-19(25)27-21(5,6)7)14-16-8-10-17(11-9-16)22(12-13-22)18(24)26-20(2,3)4;1-13(2,3)17-12(16)14(8-9-14)10-4-6-11(15)7-5-10;11-8-3-1-7(2-4-8)10(5-6-10)9(12)13;11-9(12)10(6-7-10)8-4-2-1-3-5-8/h7-10,16H,11-13H2,1-6H3,(H,23,27)(H,24,25);8-11,15H,12-14H2,1-7H3,(H,23,25);4-7H,8-9H2,1-3H3;1-4H,5-6H2,(H,12,13);1-5H,6-7H2,(H,11,12)/t16-;15-;;;/m01.../s1. The molecule has 20 heteroatoms. The number of amides is 2. The highest BCUT2D eigenvalue weighted by Crippen LogP contribution is 2.53. The van der Waals surface area contributed by atoms with E-state index in [1.807, 2.05) is 205 Å². The van der Waals surface area contributed by atoms with Crippen LogP contribution in [-0.2, 0) is 92.4 Å². The molecule has 18 nitrogen and oxygen atoms in total. The summed E-state index contributed by atoms with van der Waals surface area (Å²) in [6.45, 7) is 29.5. The maximum atomic E-state index is 12.6. The van der Waals surface area contributed by atoms with E-state index in [2.05, 4.69) is 55.8 Å². The Bertz CT molecular complexity index is 3590. The SMILES string of the molecule is CC(C)(C)OC(=O)C1(c2ccc(I)cc2)CC1.CC(C)(C)OC(=O)N[C@@H](Cc1ccc(C2(C(=O)OC(C)(C)C)CC2)cc1)C(=O)O.C[C@H](Cc1ccc(C2(C(=O)OC(C)(C)C)CC2)cc1)NC(=O)OC(C)(C)C.O=C(O)C1(c2ccc(I)cc2)CC1.O=C(O)C1(c2ccccc2)CC1. The van der Waals surface area contributed by atoms with Crippen LogP contribution in [0.5, 0.6) is 0 Å². The normalized spacial score (nSPS) is 17.3. The summed E-state index contributed by atoms with van der Waals surface area (Å²) < 4.78 is 29.4. The van der Waals surface area contributed by atoms with Crippen LogP contribution in [0.15, 0.2) is 127 Å². The number of alkyl carbamates (subject to hydrolysis) is 2. The average molecular weight is 1580 g/mol. The number of rotatable bonds is 17. The van der Waals surface area contributed by atoms with Gasteiger partial charge in [0.2, 0.25) is 0 Å². The van der Waals surface area contributed by atoms with Gasteiger partial charge in [-0.3, -0.25) is 24.0 Å². The number of carbonyl (C=O) groups is 8. The number of carboxylic acids is 3. The minimum absolute atomic E-state index is 0.0496. The molecule has 0 unspecified atom stereocenters. The number of hydrogen-bond acceptors (Lipinski definition) is 13. The predicted molar refractivity (Wildman–Crippen MR) is 392 cm³/mol. The molecule has 5 aromatic carbocycles. The number of carboxylic acid groups (broad SMARTS) is 3. The molecule has 5 fully saturated rings. The van der Waals surface area contributed by atoms with Crippen LogP contribution in [0.2, 0.25) is 0 Å². The Morgan fingerprint density at radius 3 is 0.888 bits per heavy atom. The molecular formula is C78H100I2N2O16. The number of benzene rings is 5. The average Bonchev–Trinajstić information content (AvgIpc) is 1.63. The number of carbonyl (C=O) groups excluding carboxylic acids is 5. The fourth-order valence-corrected chi connectivity index (χ4v) is 11.6. The maximum absolute atomic E-state index is 12.6. The molecular weight excluding hydrogens is 1470 g/mol. The van der Waals surface area contributed by atoms with Crippen LogP contribution in [0.4, 0.5) is 9.59 Å². The molecule has 2 atom stereocenters. The summed E-state index contributed by atoms with van der Waals surface area (Å²) in [5.74, 6) is -2.96. The quantitative estimate of drug-likeness (QED) is 0.0329. The topological polar surface area (TPSA) is 267 Å². The van der Waals surface area contributed by atoms with Gasteiger partial charge < -0.3 is 49.6 Å². The lowest BCUT2D eigenvalue weighted by Crippen LogP contribution is -2.44.